The zero-order valence-corrected chi connectivity index (χ0v) is 32.1. The van der Waals surface area contributed by atoms with Crippen LogP contribution >= 0.6 is 11.8 Å². The van der Waals surface area contributed by atoms with Crippen LogP contribution in [0, 0.1) is 0 Å². The second-order valence-electron chi connectivity index (χ2n) is 16.5. The summed E-state index contributed by atoms with van der Waals surface area (Å²) in [6, 6.07) is 8.10. The lowest BCUT2D eigenvalue weighted by Crippen LogP contribution is -2.21. The fourth-order valence-corrected chi connectivity index (χ4v) is 6.44. The van der Waals surface area contributed by atoms with Gasteiger partial charge in [0.05, 0.1) is 0 Å². The molecule has 0 fully saturated rings. The Morgan fingerprint density at radius 3 is 1.30 bits per heavy atom. The van der Waals surface area contributed by atoms with Gasteiger partial charge in [0.25, 0.3) is 0 Å². The lowest BCUT2D eigenvalue weighted by Gasteiger charge is -2.30. The number of carbonyl (C=O) groups is 2. The first-order valence-electron chi connectivity index (χ1n) is 17.2. The number of rotatable bonds is 15. The van der Waals surface area contributed by atoms with Gasteiger partial charge in [-0.1, -0.05) is 114 Å². The highest BCUT2D eigenvalue weighted by molar-refractivity contribution is 7.99. The number of benzene rings is 2. The molecule has 2 aromatic carbocycles. The van der Waals surface area contributed by atoms with Crippen LogP contribution in [0.1, 0.15) is 142 Å². The fraction of sp³-hybridized carbons (Fsp3) is 0.650. The van der Waals surface area contributed by atoms with E-state index in [9.17, 15) is 19.8 Å². The van der Waals surface area contributed by atoms with Gasteiger partial charge in [-0.25, -0.2) is 0 Å². The summed E-state index contributed by atoms with van der Waals surface area (Å²) in [6.45, 7) is 25.9. The molecule has 0 saturated heterocycles. The quantitative estimate of drug-likeness (QED) is 0.144. The summed E-state index contributed by atoms with van der Waals surface area (Å²) < 4.78 is 10.9. The van der Waals surface area contributed by atoms with Crippen molar-refractivity contribution in [3.05, 3.63) is 57.6 Å². The van der Waals surface area contributed by atoms with Crippen molar-refractivity contribution in [2.45, 2.75) is 143 Å². The molecule has 2 rings (SSSR count). The first kappa shape index (κ1) is 40.5. The Morgan fingerprint density at radius 2 is 0.957 bits per heavy atom. The average Bonchev–Trinajstić information content (AvgIpc) is 2.93. The highest BCUT2D eigenvalue weighted by Gasteiger charge is 2.29. The highest BCUT2D eigenvalue weighted by Crippen LogP contribution is 2.42. The van der Waals surface area contributed by atoms with E-state index in [4.69, 9.17) is 9.47 Å². The summed E-state index contributed by atoms with van der Waals surface area (Å²) in [5.74, 6) is 1.48. The fourth-order valence-electron chi connectivity index (χ4n) is 5.84. The number of esters is 2. The number of hydrogen-bond donors (Lipinski definition) is 2. The standard InChI is InChI=1S/C40H62O6S/c1-13-18-40(11,12)32-26-28(25-31(36(32)44)39(8,9)10)15-17-34(42)46-20-22-47-21-19-45-33(41)16-14-27-23-29(37(2,3)4)35(43)30(24-27)38(5,6)7/h23-26,43-44H,13-22H2,1-12H3. The molecule has 0 amide bonds. The van der Waals surface area contributed by atoms with Gasteiger partial charge in [-0.15, -0.1) is 0 Å². The van der Waals surface area contributed by atoms with Crippen LogP contribution in [-0.4, -0.2) is 46.9 Å². The van der Waals surface area contributed by atoms with Gasteiger partial charge in [-0.05, 0) is 68.7 Å². The maximum absolute atomic E-state index is 12.5. The van der Waals surface area contributed by atoms with Gasteiger partial charge >= 0.3 is 11.9 Å². The Morgan fingerprint density at radius 1 is 0.617 bits per heavy atom. The molecule has 0 aliphatic heterocycles. The summed E-state index contributed by atoms with van der Waals surface area (Å²) in [5.41, 5.74) is 4.86. The van der Waals surface area contributed by atoms with Crippen molar-refractivity contribution in [1.82, 2.24) is 0 Å². The number of aryl methyl sites for hydroxylation is 2. The first-order valence-corrected chi connectivity index (χ1v) is 18.4. The Hall–Kier alpha value is -2.67. The SMILES string of the molecule is CCCC(C)(C)c1cc(CCC(=O)OCCSCCOC(=O)CCc2cc(C(C)(C)C)c(O)c(C(C)(C)C)c2)cc(C(C)(C)C)c1O. The smallest absolute Gasteiger partial charge is 0.306 e. The monoisotopic (exact) mass is 670 g/mol. The zero-order chi connectivity index (χ0) is 35.8. The topological polar surface area (TPSA) is 93.1 Å². The molecule has 264 valence electrons. The Kier molecular flexibility index (Phi) is 14.3. The van der Waals surface area contributed by atoms with Crippen LogP contribution in [-0.2, 0) is 53.6 Å². The van der Waals surface area contributed by atoms with Gasteiger partial charge in [0.2, 0.25) is 0 Å². The van der Waals surface area contributed by atoms with E-state index < -0.39 is 0 Å². The minimum Gasteiger partial charge on any atom is -0.507 e. The molecule has 0 aliphatic carbocycles. The molecule has 7 heteroatoms. The second-order valence-corrected chi connectivity index (χ2v) is 17.7. The Bertz CT molecular complexity index is 1320. The predicted octanol–water partition coefficient (Wildman–Crippen LogP) is 9.45. The molecular weight excluding hydrogens is 609 g/mol. The highest BCUT2D eigenvalue weighted by atomic mass is 32.2. The molecule has 0 bridgehead atoms. The van der Waals surface area contributed by atoms with E-state index >= 15 is 0 Å². The molecule has 6 nitrogen and oxygen atoms in total. The maximum atomic E-state index is 12.5. The summed E-state index contributed by atoms with van der Waals surface area (Å²) >= 11 is 1.58. The van der Waals surface area contributed by atoms with E-state index in [1.165, 1.54) is 0 Å². The molecule has 0 spiro atoms. The van der Waals surface area contributed by atoms with Crippen molar-refractivity contribution in [3.8, 4) is 11.5 Å². The predicted molar refractivity (Wildman–Crippen MR) is 196 cm³/mol. The summed E-state index contributed by atoms with van der Waals surface area (Å²) in [4.78, 5) is 25.0. The van der Waals surface area contributed by atoms with Crippen LogP contribution < -0.4 is 0 Å². The minimum atomic E-state index is -0.246. The molecule has 0 aromatic heterocycles. The third-order valence-electron chi connectivity index (χ3n) is 8.58. The van der Waals surface area contributed by atoms with Crippen molar-refractivity contribution in [3.63, 3.8) is 0 Å². The van der Waals surface area contributed by atoms with Crippen molar-refractivity contribution >= 4 is 23.7 Å². The van der Waals surface area contributed by atoms with Gasteiger partial charge in [-0.3, -0.25) is 9.59 Å². The summed E-state index contributed by atoms with van der Waals surface area (Å²) in [6.07, 6.45) is 3.64. The van der Waals surface area contributed by atoms with Crippen molar-refractivity contribution < 1.29 is 29.3 Å². The van der Waals surface area contributed by atoms with E-state index in [1.54, 1.807) is 11.8 Å². The zero-order valence-electron chi connectivity index (χ0n) is 31.3. The van der Waals surface area contributed by atoms with Crippen LogP contribution in [0.4, 0.5) is 0 Å². The molecule has 0 atom stereocenters. The summed E-state index contributed by atoms with van der Waals surface area (Å²) in [5, 5.41) is 22.1. The van der Waals surface area contributed by atoms with Crippen LogP contribution in [0.25, 0.3) is 0 Å². The average molecular weight is 671 g/mol. The van der Waals surface area contributed by atoms with E-state index in [2.05, 4.69) is 89.2 Å². The number of phenols is 2. The summed E-state index contributed by atoms with van der Waals surface area (Å²) in [7, 11) is 0. The number of carbonyl (C=O) groups excluding carboxylic acids is 2. The van der Waals surface area contributed by atoms with Gasteiger partial charge in [-0.2, -0.15) is 11.8 Å². The third kappa shape index (κ3) is 12.4. The lowest BCUT2D eigenvalue weighted by molar-refractivity contribution is -0.143. The molecule has 0 aliphatic rings. The molecule has 47 heavy (non-hydrogen) atoms. The van der Waals surface area contributed by atoms with Crippen LogP contribution in [0.15, 0.2) is 24.3 Å². The Balaban J connectivity index is 1.78. The minimum absolute atomic E-state index is 0.167. The van der Waals surface area contributed by atoms with Gasteiger partial charge in [0, 0.05) is 29.9 Å². The van der Waals surface area contributed by atoms with Crippen LogP contribution in [0.3, 0.4) is 0 Å². The number of phenolic OH excluding ortho intramolecular Hbond substituents is 2. The van der Waals surface area contributed by atoms with Gasteiger partial charge in [0.15, 0.2) is 0 Å². The molecular formula is C40H62O6S. The lowest BCUT2D eigenvalue weighted by atomic mass is 9.75. The van der Waals surface area contributed by atoms with E-state index in [1.807, 2.05) is 18.2 Å². The second kappa shape index (κ2) is 16.6. The van der Waals surface area contributed by atoms with Gasteiger partial charge in [0.1, 0.15) is 24.7 Å². The van der Waals surface area contributed by atoms with Crippen molar-refractivity contribution in [1.29, 1.82) is 0 Å². The molecule has 0 radical (unpaired) electrons. The number of hydrogen-bond acceptors (Lipinski definition) is 7. The van der Waals surface area contributed by atoms with E-state index in [0.29, 0.717) is 49.1 Å². The number of thioether (sulfide) groups is 1. The molecule has 2 aromatic rings. The third-order valence-corrected chi connectivity index (χ3v) is 9.50. The van der Waals surface area contributed by atoms with Crippen molar-refractivity contribution in [2.75, 3.05) is 24.7 Å². The molecule has 0 unspecified atom stereocenters. The largest absolute Gasteiger partial charge is 0.507 e. The molecule has 2 N–H and O–H groups in total. The van der Waals surface area contributed by atoms with Crippen LogP contribution in [0.2, 0.25) is 0 Å². The Labute approximate surface area is 289 Å². The van der Waals surface area contributed by atoms with E-state index in [0.717, 1.165) is 46.2 Å². The molecule has 0 heterocycles. The van der Waals surface area contributed by atoms with Crippen molar-refractivity contribution in [2.24, 2.45) is 0 Å². The molecule has 0 saturated carbocycles. The maximum Gasteiger partial charge on any atom is 0.306 e. The van der Waals surface area contributed by atoms with Crippen LogP contribution in [0.5, 0.6) is 11.5 Å². The van der Waals surface area contributed by atoms with Gasteiger partial charge < -0.3 is 19.7 Å². The number of ether oxygens (including phenoxy) is 2. The first-order chi connectivity index (χ1) is 21.6. The number of aromatic hydroxyl groups is 2. The normalized spacial score (nSPS) is 12.7. The van der Waals surface area contributed by atoms with E-state index in [-0.39, 0.29) is 46.4 Å².